The first-order valence-corrected chi connectivity index (χ1v) is 14.0. The number of unbranched alkanes of at least 4 members (excludes halogenated alkanes) is 2. The van der Waals surface area contributed by atoms with Gasteiger partial charge >= 0.3 is 0 Å². The van der Waals surface area contributed by atoms with Gasteiger partial charge in [-0.15, -0.1) is 0 Å². The van der Waals surface area contributed by atoms with Gasteiger partial charge < -0.3 is 15.1 Å². The number of aliphatic hydroxyl groups is 1. The van der Waals surface area contributed by atoms with E-state index in [9.17, 15) is 10.2 Å². The summed E-state index contributed by atoms with van der Waals surface area (Å²) in [7, 11) is 2.28. The van der Waals surface area contributed by atoms with E-state index < -0.39 is 0 Å². The third-order valence-electron chi connectivity index (χ3n) is 9.72. The van der Waals surface area contributed by atoms with Crippen molar-refractivity contribution >= 4 is 0 Å². The Hall–Kier alpha value is -1.06. The molecule has 0 bridgehead atoms. The monoisotopic (exact) mass is 455 g/mol. The highest BCUT2D eigenvalue weighted by atomic mass is 16.3. The Labute approximate surface area is 203 Å². The van der Waals surface area contributed by atoms with Crippen molar-refractivity contribution in [2.24, 2.45) is 29.1 Å². The second-order valence-corrected chi connectivity index (χ2v) is 12.5. The molecular formula is C30H49NO2. The van der Waals surface area contributed by atoms with Crippen molar-refractivity contribution in [1.29, 1.82) is 0 Å². The molecule has 4 rings (SSSR count). The number of aliphatic hydroxyl groups excluding tert-OH is 1. The van der Waals surface area contributed by atoms with Gasteiger partial charge in [0.1, 0.15) is 5.75 Å². The van der Waals surface area contributed by atoms with Crippen LogP contribution in [-0.2, 0) is 6.42 Å². The van der Waals surface area contributed by atoms with Crippen molar-refractivity contribution in [3.05, 3.63) is 29.3 Å². The number of aromatic hydroxyl groups is 1. The lowest BCUT2D eigenvalue weighted by Gasteiger charge is -2.54. The highest BCUT2D eigenvalue weighted by molar-refractivity contribution is 5.40. The number of phenols is 1. The van der Waals surface area contributed by atoms with Gasteiger partial charge in [-0.25, -0.2) is 0 Å². The van der Waals surface area contributed by atoms with Crippen molar-refractivity contribution in [3.8, 4) is 5.75 Å². The van der Waals surface area contributed by atoms with Gasteiger partial charge in [0.15, 0.2) is 0 Å². The summed E-state index contributed by atoms with van der Waals surface area (Å²) in [5.74, 6) is 3.88. The molecule has 0 spiro atoms. The van der Waals surface area contributed by atoms with E-state index in [4.69, 9.17) is 0 Å². The molecule has 3 aliphatic rings. The van der Waals surface area contributed by atoms with E-state index in [1.807, 2.05) is 12.1 Å². The number of rotatable bonds is 10. The molecule has 1 aromatic carbocycles. The van der Waals surface area contributed by atoms with Gasteiger partial charge in [0.2, 0.25) is 0 Å². The third-order valence-corrected chi connectivity index (χ3v) is 9.72. The highest BCUT2D eigenvalue weighted by Crippen LogP contribution is 2.63. The van der Waals surface area contributed by atoms with Crippen LogP contribution in [0, 0.1) is 29.1 Å². The van der Waals surface area contributed by atoms with E-state index in [2.05, 4.69) is 38.8 Å². The Morgan fingerprint density at radius 2 is 1.85 bits per heavy atom. The summed E-state index contributed by atoms with van der Waals surface area (Å²) in [4.78, 5) is 2.52. The van der Waals surface area contributed by atoms with Gasteiger partial charge in [0.05, 0.1) is 6.10 Å². The zero-order valence-corrected chi connectivity index (χ0v) is 21.7. The molecule has 0 aromatic heterocycles. The van der Waals surface area contributed by atoms with Gasteiger partial charge in [-0.2, -0.15) is 0 Å². The van der Waals surface area contributed by atoms with Gasteiger partial charge in [0, 0.05) is 0 Å². The first-order chi connectivity index (χ1) is 15.8. The number of hydrogen-bond acceptors (Lipinski definition) is 3. The fourth-order valence-electron chi connectivity index (χ4n) is 7.98. The predicted octanol–water partition coefficient (Wildman–Crippen LogP) is 6.76. The number of phenolic OH excluding ortho intramolecular Hbond substituents is 1. The number of hydrogen-bond donors (Lipinski definition) is 2. The van der Waals surface area contributed by atoms with Crippen LogP contribution in [0.2, 0.25) is 0 Å². The summed E-state index contributed by atoms with van der Waals surface area (Å²) >= 11 is 0. The molecule has 0 radical (unpaired) electrons. The zero-order valence-electron chi connectivity index (χ0n) is 21.7. The summed E-state index contributed by atoms with van der Waals surface area (Å²) in [5.41, 5.74) is 3.01. The molecule has 1 aromatic rings. The van der Waals surface area contributed by atoms with Crippen molar-refractivity contribution in [2.45, 2.75) is 103 Å². The number of fused-ring (bicyclic) bond motifs is 5. The second kappa shape index (κ2) is 10.7. The lowest BCUT2D eigenvalue weighted by Crippen LogP contribution is -2.47. The van der Waals surface area contributed by atoms with Crippen molar-refractivity contribution in [2.75, 3.05) is 20.1 Å². The highest BCUT2D eigenvalue weighted by Gasteiger charge is 2.57. The molecule has 0 aliphatic heterocycles. The average molecular weight is 456 g/mol. The fraction of sp³-hybridized carbons (Fsp3) is 0.800. The maximum absolute atomic E-state index is 11.0. The van der Waals surface area contributed by atoms with Gasteiger partial charge in [0.25, 0.3) is 0 Å². The molecule has 2 N–H and O–H groups in total. The van der Waals surface area contributed by atoms with E-state index in [1.165, 1.54) is 82.0 Å². The first-order valence-electron chi connectivity index (χ1n) is 14.0. The maximum Gasteiger partial charge on any atom is 0.115 e. The van der Waals surface area contributed by atoms with Crippen LogP contribution in [0.4, 0.5) is 0 Å². The number of benzene rings is 1. The van der Waals surface area contributed by atoms with E-state index >= 15 is 0 Å². The smallest absolute Gasteiger partial charge is 0.115 e. The van der Waals surface area contributed by atoms with Crippen LogP contribution in [0.15, 0.2) is 18.2 Å². The summed E-state index contributed by atoms with van der Waals surface area (Å²) < 4.78 is 0. The molecular weight excluding hydrogens is 406 g/mol. The molecule has 3 aliphatic carbocycles. The molecule has 186 valence electrons. The van der Waals surface area contributed by atoms with Crippen molar-refractivity contribution < 1.29 is 10.2 Å². The lowest BCUT2D eigenvalue weighted by atomic mass is 9.51. The Kier molecular flexibility index (Phi) is 8.11. The van der Waals surface area contributed by atoms with E-state index in [0.717, 1.165) is 18.8 Å². The molecule has 0 saturated heterocycles. The molecule has 3 nitrogen and oxygen atoms in total. The molecule has 33 heavy (non-hydrogen) atoms. The van der Waals surface area contributed by atoms with Crippen LogP contribution in [0.5, 0.6) is 5.75 Å². The molecule has 0 amide bonds. The van der Waals surface area contributed by atoms with Crippen LogP contribution in [-0.4, -0.2) is 41.4 Å². The summed E-state index contributed by atoms with van der Waals surface area (Å²) in [6, 6.07) is 6.16. The van der Waals surface area contributed by atoms with E-state index in [1.54, 1.807) is 0 Å². The summed E-state index contributed by atoms with van der Waals surface area (Å²) in [6.45, 7) is 9.48. The third kappa shape index (κ3) is 5.45. The van der Waals surface area contributed by atoms with Crippen molar-refractivity contribution in [1.82, 2.24) is 4.90 Å². The molecule has 6 atom stereocenters. The number of nitrogens with zero attached hydrogens (tertiary/aromatic N) is 1. The average Bonchev–Trinajstić information content (AvgIpc) is 3.06. The SMILES string of the molecule is CC(C)CCCN(C)CCCCC[C@H]1C[C@]2(C)[C@@H](O)CC[C@H]2[C@@H]2CCc3cc(O)ccc3[C@@H]12. The minimum absolute atomic E-state index is 0.108. The Balaban J connectivity index is 1.37. The summed E-state index contributed by atoms with van der Waals surface area (Å²) in [6.07, 6.45) is 13.4. The molecule has 0 unspecified atom stereocenters. The molecule has 2 saturated carbocycles. The van der Waals surface area contributed by atoms with Gasteiger partial charge in [-0.1, -0.05) is 39.7 Å². The van der Waals surface area contributed by atoms with Gasteiger partial charge in [-0.05, 0) is 136 Å². The Morgan fingerprint density at radius 1 is 1.06 bits per heavy atom. The Bertz CT molecular complexity index is 777. The van der Waals surface area contributed by atoms with Crippen LogP contribution in [0.1, 0.15) is 102 Å². The maximum atomic E-state index is 11.0. The standard InChI is InChI=1S/C30H49NO2/c1-21(2)9-8-18-31(4)17-7-5-6-10-23-20-30(3)27(15-16-28(30)33)26-13-11-22-19-24(32)12-14-25(22)29(23)26/h12,14,19,21,23,26-29,32-33H,5-11,13,15-18,20H2,1-4H3/t23-,26-,27-,28-,29+,30-/m0/s1. The fourth-order valence-corrected chi connectivity index (χ4v) is 7.98. The topological polar surface area (TPSA) is 43.7 Å². The first kappa shape index (κ1) is 25.0. The van der Waals surface area contributed by atoms with Crippen molar-refractivity contribution in [3.63, 3.8) is 0 Å². The van der Waals surface area contributed by atoms with Crippen LogP contribution in [0.25, 0.3) is 0 Å². The molecule has 0 heterocycles. The van der Waals surface area contributed by atoms with Crippen LogP contribution < -0.4 is 0 Å². The minimum Gasteiger partial charge on any atom is -0.508 e. The molecule has 3 heteroatoms. The second-order valence-electron chi connectivity index (χ2n) is 12.5. The van der Waals surface area contributed by atoms with Gasteiger partial charge in [-0.3, -0.25) is 0 Å². The quantitative estimate of drug-likeness (QED) is 0.383. The van der Waals surface area contributed by atoms with Crippen LogP contribution >= 0.6 is 0 Å². The van der Waals surface area contributed by atoms with Crippen LogP contribution in [0.3, 0.4) is 0 Å². The lowest BCUT2D eigenvalue weighted by molar-refractivity contribution is -0.0501. The zero-order chi connectivity index (χ0) is 23.6. The molecule has 2 fully saturated rings. The minimum atomic E-state index is -0.119. The Morgan fingerprint density at radius 3 is 2.64 bits per heavy atom. The van der Waals surface area contributed by atoms with E-state index in [-0.39, 0.29) is 11.5 Å². The predicted molar refractivity (Wildman–Crippen MR) is 138 cm³/mol. The normalized spacial score (nSPS) is 33.2. The number of aryl methyl sites for hydroxylation is 1. The van der Waals surface area contributed by atoms with E-state index in [0.29, 0.717) is 29.4 Å². The largest absolute Gasteiger partial charge is 0.508 e. The summed E-state index contributed by atoms with van der Waals surface area (Å²) in [5, 5.41) is 21.0.